The van der Waals surface area contributed by atoms with Crippen molar-refractivity contribution in [3.8, 4) is 5.75 Å². The number of aromatic amines is 1. The Morgan fingerprint density at radius 1 is 1.42 bits per heavy atom. The molecule has 0 unspecified atom stereocenters. The van der Waals surface area contributed by atoms with Crippen molar-refractivity contribution in [2.24, 2.45) is 0 Å². The highest BCUT2D eigenvalue weighted by Crippen LogP contribution is 2.26. The largest absolute Gasteiger partial charge is 0.496 e. The molecule has 3 rings (SSSR count). The average molecular weight is 392 g/mol. The number of methoxy groups -OCH3 is 1. The van der Waals surface area contributed by atoms with Crippen LogP contribution in [-0.4, -0.2) is 31.6 Å². The van der Waals surface area contributed by atoms with Gasteiger partial charge >= 0.3 is 11.2 Å². The molecule has 0 aliphatic carbocycles. The van der Waals surface area contributed by atoms with Gasteiger partial charge in [-0.25, -0.2) is 9.97 Å². The lowest BCUT2D eigenvalue weighted by molar-refractivity contribution is -0.386. The number of hydrogen-bond acceptors (Lipinski definition) is 6. The SMILES string of the molecule is COc1ccc(/C=C/c2nc3nc[nH]n3c(=O)c2[N+](=O)[O-])cc1Br. The molecule has 122 valence electrons. The number of fused-ring (bicyclic) bond motifs is 1. The molecule has 0 aliphatic heterocycles. The second kappa shape index (κ2) is 6.24. The van der Waals surface area contributed by atoms with Crippen molar-refractivity contribution in [2.75, 3.05) is 7.11 Å². The van der Waals surface area contributed by atoms with Gasteiger partial charge in [-0.1, -0.05) is 12.1 Å². The van der Waals surface area contributed by atoms with Gasteiger partial charge in [0.05, 0.1) is 16.5 Å². The van der Waals surface area contributed by atoms with Crippen molar-refractivity contribution in [3.05, 3.63) is 60.7 Å². The Labute approximate surface area is 142 Å². The molecule has 2 aromatic heterocycles. The molecule has 0 radical (unpaired) electrons. The molecule has 0 amide bonds. The predicted molar refractivity (Wildman–Crippen MR) is 89.9 cm³/mol. The summed E-state index contributed by atoms with van der Waals surface area (Å²) in [6.45, 7) is 0. The fourth-order valence-electron chi connectivity index (χ4n) is 2.11. The van der Waals surface area contributed by atoms with E-state index in [0.29, 0.717) is 5.75 Å². The highest BCUT2D eigenvalue weighted by Gasteiger charge is 2.22. The molecule has 10 heteroatoms. The van der Waals surface area contributed by atoms with Crippen LogP contribution in [0.2, 0.25) is 0 Å². The number of hydrogen-bond donors (Lipinski definition) is 1. The van der Waals surface area contributed by atoms with Crippen molar-refractivity contribution in [1.82, 2.24) is 19.6 Å². The van der Waals surface area contributed by atoms with Crippen molar-refractivity contribution >= 4 is 39.5 Å². The number of aromatic nitrogens is 4. The number of benzene rings is 1. The number of nitrogens with zero attached hydrogens (tertiary/aromatic N) is 4. The second-order valence-corrected chi connectivity index (χ2v) is 5.51. The normalized spacial score (nSPS) is 11.2. The maximum absolute atomic E-state index is 12.2. The summed E-state index contributed by atoms with van der Waals surface area (Å²) in [5, 5.41) is 13.7. The number of ether oxygens (including phenoxy) is 1. The van der Waals surface area contributed by atoms with E-state index in [1.54, 1.807) is 31.4 Å². The highest BCUT2D eigenvalue weighted by atomic mass is 79.9. The Morgan fingerprint density at radius 2 is 2.21 bits per heavy atom. The van der Waals surface area contributed by atoms with Crippen LogP contribution in [0.25, 0.3) is 17.9 Å². The number of nitrogens with one attached hydrogen (secondary N) is 1. The quantitative estimate of drug-likeness (QED) is 0.538. The minimum absolute atomic E-state index is 0.0566. The molecule has 2 heterocycles. The van der Waals surface area contributed by atoms with Gasteiger partial charge in [0.2, 0.25) is 0 Å². The van der Waals surface area contributed by atoms with Crippen LogP contribution in [0, 0.1) is 10.1 Å². The standard InChI is InChI=1S/C14H10BrN5O4/c1-24-11-5-3-8(6-9(11)15)2-4-10-12(20(22)23)13(21)19-14(18-10)16-7-17-19/h2-7H,1H3,(H,16,17,18)/b4-2+. The minimum Gasteiger partial charge on any atom is -0.496 e. The van der Waals surface area contributed by atoms with Crippen LogP contribution in [0.1, 0.15) is 11.3 Å². The smallest absolute Gasteiger partial charge is 0.361 e. The Morgan fingerprint density at radius 3 is 2.88 bits per heavy atom. The van der Waals surface area contributed by atoms with Gasteiger partial charge < -0.3 is 4.74 Å². The molecule has 1 N–H and O–H groups in total. The van der Waals surface area contributed by atoms with E-state index in [-0.39, 0.29) is 11.5 Å². The second-order valence-electron chi connectivity index (χ2n) is 4.66. The first-order chi connectivity index (χ1) is 11.5. The lowest BCUT2D eigenvalue weighted by atomic mass is 10.2. The molecule has 1 aromatic carbocycles. The van der Waals surface area contributed by atoms with Gasteiger partial charge in [-0.3, -0.25) is 20.0 Å². The summed E-state index contributed by atoms with van der Waals surface area (Å²) in [6, 6.07) is 5.30. The van der Waals surface area contributed by atoms with E-state index in [1.807, 2.05) is 0 Å². The van der Waals surface area contributed by atoms with Crippen molar-refractivity contribution < 1.29 is 9.66 Å². The van der Waals surface area contributed by atoms with Gasteiger partial charge in [-0.15, -0.1) is 0 Å². The fourth-order valence-corrected chi connectivity index (χ4v) is 2.67. The van der Waals surface area contributed by atoms with E-state index < -0.39 is 16.2 Å². The summed E-state index contributed by atoms with van der Waals surface area (Å²) in [7, 11) is 1.55. The van der Waals surface area contributed by atoms with Gasteiger partial charge in [0.25, 0.3) is 5.78 Å². The van der Waals surface area contributed by atoms with Crippen LogP contribution in [0.4, 0.5) is 5.69 Å². The molecule has 24 heavy (non-hydrogen) atoms. The third kappa shape index (κ3) is 2.78. The van der Waals surface area contributed by atoms with E-state index in [4.69, 9.17) is 4.74 Å². The first-order valence-electron chi connectivity index (χ1n) is 6.63. The molecular weight excluding hydrogens is 382 g/mol. The maximum atomic E-state index is 12.2. The molecule has 0 atom stereocenters. The van der Waals surface area contributed by atoms with Gasteiger partial charge in [0.1, 0.15) is 12.1 Å². The summed E-state index contributed by atoms with van der Waals surface area (Å²) in [5.41, 5.74) is -0.760. The number of H-pyrrole nitrogens is 1. The number of halogens is 1. The van der Waals surface area contributed by atoms with Crippen LogP contribution < -0.4 is 10.3 Å². The minimum atomic E-state index is -0.821. The van der Waals surface area contributed by atoms with E-state index in [1.165, 1.54) is 12.4 Å². The van der Waals surface area contributed by atoms with E-state index in [2.05, 4.69) is 31.0 Å². The lowest BCUT2D eigenvalue weighted by Gasteiger charge is -2.03. The summed E-state index contributed by atoms with van der Waals surface area (Å²) in [6.07, 6.45) is 4.26. The number of nitro groups is 1. The van der Waals surface area contributed by atoms with Crippen LogP contribution >= 0.6 is 15.9 Å². The van der Waals surface area contributed by atoms with Crippen LogP contribution in [0.15, 0.2) is 33.8 Å². The Hall–Kier alpha value is -3.01. The summed E-state index contributed by atoms with van der Waals surface area (Å²) in [5.74, 6) is 0.716. The van der Waals surface area contributed by atoms with Gasteiger partial charge in [0.15, 0.2) is 5.69 Å². The summed E-state index contributed by atoms with van der Waals surface area (Å²) in [4.78, 5) is 30.5. The fraction of sp³-hybridized carbons (Fsp3) is 0.0714. The molecule has 0 saturated heterocycles. The van der Waals surface area contributed by atoms with Gasteiger partial charge in [0, 0.05) is 0 Å². The van der Waals surface area contributed by atoms with E-state index in [9.17, 15) is 14.9 Å². The molecule has 3 aromatic rings. The molecule has 0 bridgehead atoms. The Bertz CT molecular complexity index is 1020. The van der Waals surface area contributed by atoms with Crippen molar-refractivity contribution in [3.63, 3.8) is 0 Å². The maximum Gasteiger partial charge on any atom is 0.361 e. The van der Waals surface area contributed by atoms with Gasteiger partial charge in [-0.2, -0.15) is 4.52 Å². The number of rotatable bonds is 4. The third-order valence-corrected chi connectivity index (χ3v) is 3.85. The van der Waals surface area contributed by atoms with Crippen LogP contribution in [-0.2, 0) is 0 Å². The highest BCUT2D eigenvalue weighted by molar-refractivity contribution is 9.10. The molecule has 0 saturated carbocycles. The topological polar surface area (TPSA) is 115 Å². The summed E-state index contributed by atoms with van der Waals surface area (Å²) < 4.78 is 6.79. The zero-order valence-corrected chi connectivity index (χ0v) is 13.8. The van der Waals surface area contributed by atoms with Crippen molar-refractivity contribution in [2.45, 2.75) is 0 Å². The third-order valence-electron chi connectivity index (χ3n) is 3.23. The molecule has 0 fully saturated rings. The van der Waals surface area contributed by atoms with Crippen LogP contribution in [0.3, 0.4) is 0 Å². The molecule has 0 aliphatic rings. The Kier molecular flexibility index (Phi) is 4.13. The zero-order valence-electron chi connectivity index (χ0n) is 12.3. The lowest BCUT2D eigenvalue weighted by Crippen LogP contribution is -2.20. The van der Waals surface area contributed by atoms with Gasteiger partial charge in [-0.05, 0) is 39.7 Å². The molecular formula is C14H10BrN5O4. The summed E-state index contributed by atoms with van der Waals surface area (Å²) >= 11 is 3.36. The average Bonchev–Trinajstić information content (AvgIpc) is 3.01. The molecule has 0 spiro atoms. The molecule has 9 nitrogen and oxygen atoms in total. The monoisotopic (exact) mass is 391 g/mol. The Balaban J connectivity index is 2.09. The van der Waals surface area contributed by atoms with E-state index >= 15 is 0 Å². The first kappa shape index (κ1) is 15.9. The van der Waals surface area contributed by atoms with Crippen molar-refractivity contribution in [1.29, 1.82) is 0 Å². The van der Waals surface area contributed by atoms with Crippen LogP contribution in [0.5, 0.6) is 5.75 Å². The first-order valence-corrected chi connectivity index (χ1v) is 7.42. The van der Waals surface area contributed by atoms with E-state index in [0.717, 1.165) is 14.6 Å². The predicted octanol–water partition coefficient (Wildman–Crippen LogP) is 2.27. The zero-order chi connectivity index (χ0) is 17.3.